The van der Waals surface area contributed by atoms with Gasteiger partial charge in [0.2, 0.25) is 9.84 Å². The zero-order valence-corrected chi connectivity index (χ0v) is 16.3. The molecule has 1 atom stereocenters. The molecule has 1 N–H and O–H groups in total. The number of anilines is 1. The largest absolute Gasteiger partial charge is 0.332 e. The van der Waals surface area contributed by atoms with Gasteiger partial charge in [0.25, 0.3) is 0 Å². The minimum absolute atomic E-state index is 0.00452. The molecule has 2 rings (SSSR count). The molecule has 1 fully saturated rings. The summed E-state index contributed by atoms with van der Waals surface area (Å²) in [5, 5.41) is 13.1. The van der Waals surface area contributed by atoms with Gasteiger partial charge in [0.1, 0.15) is 0 Å². The first-order valence-electron chi connectivity index (χ1n) is 8.60. The van der Waals surface area contributed by atoms with Crippen molar-refractivity contribution in [3.8, 4) is 0 Å². The van der Waals surface area contributed by atoms with Crippen molar-refractivity contribution in [2.24, 2.45) is 0 Å². The summed E-state index contributed by atoms with van der Waals surface area (Å²) in [4.78, 5) is 35.8. The summed E-state index contributed by atoms with van der Waals surface area (Å²) in [6.45, 7) is 5.41. The van der Waals surface area contributed by atoms with Crippen LogP contribution in [0.25, 0.3) is 0 Å². The highest BCUT2D eigenvalue weighted by Gasteiger charge is 2.29. The number of carbonyl (C=O) groups excluding carboxylic acids is 2. The fourth-order valence-electron chi connectivity index (χ4n) is 3.43. The average molecular weight is 397 g/mol. The van der Waals surface area contributed by atoms with E-state index in [1.165, 1.54) is 30.9 Å². The Morgan fingerprint density at radius 3 is 2.37 bits per heavy atom. The Bertz CT molecular complexity index is 858. The lowest BCUT2D eigenvalue weighted by Gasteiger charge is -2.32. The van der Waals surface area contributed by atoms with Gasteiger partial charge in [0.15, 0.2) is 0 Å². The molecule has 9 nitrogen and oxygen atoms in total. The Hall–Kier alpha value is -2.49. The Morgan fingerprint density at radius 2 is 1.85 bits per heavy atom. The summed E-state index contributed by atoms with van der Waals surface area (Å²) < 4.78 is 24.4. The van der Waals surface area contributed by atoms with E-state index < -0.39 is 32.5 Å². The van der Waals surface area contributed by atoms with Gasteiger partial charge in [-0.05, 0) is 63.3 Å². The number of carbonyl (C=O) groups is 2. The van der Waals surface area contributed by atoms with Crippen molar-refractivity contribution in [2.45, 2.75) is 51.0 Å². The SMILES string of the molecule is Cc1cc(NC(=O)C(=O)N2CCCCC2C)cc(C)c1S(=O)(=O)C[N+](=O)[O-]. The topological polar surface area (TPSA) is 127 Å². The van der Waals surface area contributed by atoms with E-state index in [0.29, 0.717) is 6.54 Å². The number of hydrogen-bond acceptors (Lipinski definition) is 6. The fourth-order valence-corrected chi connectivity index (χ4v) is 4.94. The Kier molecular flexibility index (Phi) is 6.19. The second-order valence-corrected chi connectivity index (χ2v) is 8.71. The second kappa shape index (κ2) is 8.03. The van der Waals surface area contributed by atoms with E-state index in [2.05, 4.69) is 5.32 Å². The lowest BCUT2D eigenvalue weighted by molar-refractivity contribution is -0.458. The van der Waals surface area contributed by atoms with E-state index in [4.69, 9.17) is 0 Å². The average Bonchev–Trinajstić information content (AvgIpc) is 2.52. The number of likely N-dealkylation sites (tertiary alicyclic amines) is 1. The van der Waals surface area contributed by atoms with E-state index in [9.17, 15) is 28.1 Å². The maximum Gasteiger partial charge on any atom is 0.313 e. The van der Waals surface area contributed by atoms with Gasteiger partial charge < -0.3 is 10.2 Å². The predicted octanol–water partition coefficient (Wildman–Crippen LogP) is 1.65. The van der Waals surface area contributed by atoms with Gasteiger partial charge in [-0.1, -0.05) is 0 Å². The molecular weight excluding hydrogens is 374 g/mol. The number of aryl methyl sites for hydroxylation is 2. The molecule has 148 valence electrons. The van der Waals surface area contributed by atoms with Crippen LogP contribution >= 0.6 is 0 Å². The van der Waals surface area contributed by atoms with Crippen molar-refractivity contribution in [1.82, 2.24) is 4.90 Å². The van der Waals surface area contributed by atoms with E-state index in [1.54, 1.807) is 0 Å². The first kappa shape index (κ1) is 20.8. The summed E-state index contributed by atoms with van der Waals surface area (Å²) in [6, 6.07) is 2.78. The zero-order chi connectivity index (χ0) is 20.4. The highest BCUT2D eigenvalue weighted by molar-refractivity contribution is 7.91. The molecule has 2 amide bonds. The number of nitrogens with one attached hydrogen (secondary N) is 1. The number of benzene rings is 1. The molecular formula is C17H23N3O6S. The zero-order valence-electron chi connectivity index (χ0n) is 15.5. The molecule has 27 heavy (non-hydrogen) atoms. The van der Waals surface area contributed by atoms with E-state index in [-0.39, 0.29) is 27.8 Å². The van der Waals surface area contributed by atoms with Crippen LogP contribution in [-0.2, 0) is 19.4 Å². The second-order valence-electron chi connectivity index (χ2n) is 6.81. The van der Waals surface area contributed by atoms with Crippen molar-refractivity contribution in [3.63, 3.8) is 0 Å². The maximum atomic E-state index is 12.4. The maximum absolute atomic E-state index is 12.4. The molecule has 0 bridgehead atoms. The van der Waals surface area contributed by atoms with Crippen LogP contribution in [0, 0.1) is 24.0 Å². The van der Waals surface area contributed by atoms with E-state index in [0.717, 1.165) is 19.3 Å². The Balaban J connectivity index is 2.22. The van der Waals surface area contributed by atoms with Gasteiger partial charge >= 0.3 is 17.7 Å². The van der Waals surface area contributed by atoms with Crippen molar-refractivity contribution in [2.75, 3.05) is 17.7 Å². The molecule has 0 spiro atoms. The van der Waals surface area contributed by atoms with Crippen LogP contribution in [0.15, 0.2) is 17.0 Å². The van der Waals surface area contributed by atoms with Crippen LogP contribution in [0.2, 0.25) is 0 Å². The van der Waals surface area contributed by atoms with Gasteiger partial charge in [0.05, 0.1) is 4.90 Å². The highest BCUT2D eigenvalue weighted by Crippen LogP contribution is 2.26. The van der Waals surface area contributed by atoms with Crippen LogP contribution in [0.4, 0.5) is 5.69 Å². The standard InChI is InChI=1S/C17H23N3O6S/c1-11-8-14(9-12(2)15(11)27(25,26)10-20(23)24)18-16(21)17(22)19-7-5-4-6-13(19)3/h8-9,13H,4-7,10H2,1-3H3,(H,18,21). The number of nitrogens with zero attached hydrogens (tertiary/aromatic N) is 2. The van der Waals surface area contributed by atoms with Gasteiger partial charge in [0, 0.05) is 23.2 Å². The van der Waals surface area contributed by atoms with Gasteiger partial charge in [-0.15, -0.1) is 0 Å². The summed E-state index contributed by atoms with van der Waals surface area (Å²) >= 11 is 0. The third-order valence-corrected chi connectivity index (χ3v) is 6.38. The highest BCUT2D eigenvalue weighted by atomic mass is 32.2. The number of amides is 2. The summed E-state index contributed by atoms with van der Waals surface area (Å²) in [6.07, 6.45) is 2.72. The molecule has 1 aliphatic rings. The lowest BCUT2D eigenvalue weighted by Crippen LogP contribution is -2.47. The molecule has 1 heterocycles. The molecule has 1 aromatic carbocycles. The van der Waals surface area contributed by atoms with Crippen LogP contribution in [0.1, 0.15) is 37.3 Å². The summed E-state index contributed by atoms with van der Waals surface area (Å²) in [7, 11) is -4.09. The molecule has 1 aliphatic heterocycles. The first-order chi connectivity index (χ1) is 12.5. The van der Waals surface area contributed by atoms with Gasteiger partial charge in [-0.2, -0.15) is 0 Å². The molecule has 1 saturated heterocycles. The monoisotopic (exact) mass is 397 g/mol. The minimum atomic E-state index is -4.09. The molecule has 1 aromatic rings. The number of nitro groups is 1. The van der Waals surface area contributed by atoms with E-state index in [1.807, 2.05) is 6.92 Å². The normalized spacial score (nSPS) is 17.4. The Morgan fingerprint density at radius 1 is 1.26 bits per heavy atom. The van der Waals surface area contributed by atoms with Gasteiger partial charge in [-0.25, -0.2) is 8.42 Å². The third-order valence-electron chi connectivity index (χ3n) is 4.56. The van der Waals surface area contributed by atoms with Crippen molar-refractivity contribution >= 4 is 27.3 Å². The van der Waals surface area contributed by atoms with Crippen molar-refractivity contribution in [3.05, 3.63) is 33.4 Å². The first-order valence-corrected chi connectivity index (χ1v) is 10.3. The predicted molar refractivity (Wildman–Crippen MR) is 98.6 cm³/mol. The molecule has 1 unspecified atom stereocenters. The number of piperidine rings is 1. The van der Waals surface area contributed by atoms with Crippen LogP contribution in [0.5, 0.6) is 0 Å². The van der Waals surface area contributed by atoms with Crippen molar-refractivity contribution < 1.29 is 22.9 Å². The van der Waals surface area contributed by atoms with E-state index >= 15 is 0 Å². The fraction of sp³-hybridized carbons (Fsp3) is 0.529. The Labute approximate surface area is 157 Å². The summed E-state index contributed by atoms with van der Waals surface area (Å²) in [5.74, 6) is -2.61. The van der Waals surface area contributed by atoms with Gasteiger partial charge in [-0.3, -0.25) is 19.7 Å². The van der Waals surface area contributed by atoms with Crippen LogP contribution in [-0.4, -0.2) is 48.5 Å². The molecule has 0 saturated carbocycles. The summed E-state index contributed by atoms with van der Waals surface area (Å²) in [5.41, 5.74) is 0.810. The smallest absolute Gasteiger partial charge is 0.313 e. The minimum Gasteiger partial charge on any atom is -0.332 e. The molecule has 0 aromatic heterocycles. The van der Waals surface area contributed by atoms with Crippen LogP contribution in [0.3, 0.4) is 0 Å². The third kappa shape index (κ3) is 4.82. The van der Waals surface area contributed by atoms with Crippen LogP contribution < -0.4 is 5.32 Å². The number of rotatable bonds is 4. The quantitative estimate of drug-likeness (QED) is 0.468. The molecule has 10 heteroatoms. The number of hydrogen-bond donors (Lipinski definition) is 1. The molecule has 0 radical (unpaired) electrons. The van der Waals surface area contributed by atoms with Crippen molar-refractivity contribution in [1.29, 1.82) is 0 Å². The molecule has 0 aliphatic carbocycles. The number of sulfone groups is 1. The lowest BCUT2D eigenvalue weighted by atomic mass is 10.0.